The van der Waals surface area contributed by atoms with E-state index in [0.717, 1.165) is 32.0 Å². The topological polar surface area (TPSA) is 103 Å². The minimum atomic E-state index is -0.338. The van der Waals surface area contributed by atoms with Crippen LogP contribution in [0.5, 0.6) is 0 Å². The van der Waals surface area contributed by atoms with Crippen molar-refractivity contribution in [2.24, 2.45) is 5.73 Å². The average molecular weight is 308 g/mol. The second kappa shape index (κ2) is 8.57. The van der Waals surface area contributed by atoms with Crippen LogP contribution in [0.3, 0.4) is 0 Å². The van der Waals surface area contributed by atoms with Gasteiger partial charge in [0, 0.05) is 31.0 Å². The van der Waals surface area contributed by atoms with E-state index in [1.165, 1.54) is 5.69 Å². The third-order valence-corrected chi connectivity index (χ3v) is 3.51. The van der Waals surface area contributed by atoms with Crippen LogP contribution >= 0.6 is 0 Å². The molecular formula is C15H24N4O3. The summed E-state index contributed by atoms with van der Waals surface area (Å²) in [5, 5.41) is 2.92. The number of nitrogens with one attached hydrogen (secondary N) is 1. The second-order valence-electron chi connectivity index (χ2n) is 5.18. The molecule has 0 bridgehead atoms. The smallest absolute Gasteiger partial charge is 0.236 e. The number of carbonyl (C=O) groups excluding carboxylic acids is 1. The van der Waals surface area contributed by atoms with E-state index in [1.807, 2.05) is 18.2 Å². The Labute approximate surface area is 130 Å². The standard InChI is InChI=1S/C10H14N2O.C5H10N2O2/c11-9-2-1-3-10(8-9)12-4-6-13-7-5-12;6-5(8)4-3-9-2-1-7-4/h1-3,8H,4-7,11H2;4,7H,1-3H2,(H2,6,8). The molecule has 1 unspecified atom stereocenters. The van der Waals surface area contributed by atoms with Crippen LogP contribution in [0.2, 0.25) is 0 Å². The normalized spacial score (nSPS) is 21.6. The second-order valence-corrected chi connectivity index (χ2v) is 5.18. The zero-order valence-electron chi connectivity index (χ0n) is 12.7. The first kappa shape index (κ1) is 16.5. The van der Waals surface area contributed by atoms with E-state index in [9.17, 15) is 4.79 Å². The molecule has 0 aromatic heterocycles. The van der Waals surface area contributed by atoms with Gasteiger partial charge in [-0.2, -0.15) is 0 Å². The van der Waals surface area contributed by atoms with Crippen molar-refractivity contribution in [1.29, 1.82) is 0 Å². The molecule has 1 aromatic carbocycles. The number of hydrogen-bond donors (Lipinski definition) is 3. The van der Waals surface area contributed by atoms with Crippen molar-refractivity contribution in [3.05, 3.63) is 24.3 Å². The molecule has 5 N–H and O–H groups in total. The monoisotopic (exact) mass is 308 g/mol. The molecule has 2 aliphatic rings. The molecule has 0 spiro atoms. The summed E-state index contributed by atoms with van der Waals surface area (Å²) < 4.78 is 10.3. The van der Waals surface area contributed by atoms with Gasteiger partial charge >= 0.3 is 0 Å². The van der Waals surface area contributed by atoms with Crippen molar-refractivity contribution < 1.29 is 14.3 Å². The van der Waals surface area contributed by atoms with Crippen LogP contribution in [0.1, 0.15) is 0 Å². The van der Waals surface area contributed by atoms with Gasteiger partial charge in [0.2, 0.25) is 5.91 Å². The van der Waals surface area contributed by atoms with Gasteiger partial charge in [-0.1, -0.05) is 6.07 Å². The number of morpholine rings is 2. The Morgan fingerprint density at radius 2 is 2.00 bits per heavy atom. The lowest BCUT2D eigenvalue weighted by molar-refractivity contribution is -0.122. The van der Waals surface area contributed by atoms with E-state index < -0.39 is 0 Å². The molecule has 0 saturated carbocycles. The van der Waals surface area contributed by atoms with E-state index in [-0.39, 0.29) is 11.9 Å². The number of ether oxygens (including phenoxy) is 2. The van der Waals surface area contributed by atoms with Gasteiger partial charge in [0.15, 0.2) is 0 Å². The molecule has 2 heterocycles. The van der Waals surface area contributed by atoms with Crippen LogP contribution in [0.4, 0.5) is 11.4 Å². The molecule has 1 aromatic rings. The predicted octanol–water partition coefficient (Wildman–Crippen LogP) is -0.434. The SMILES string of the molecule is NC(=O)C1COCCN1.Nc1cccc(N2CCOCC2)c1. The summed E-state index contributed by atoms with van der Waals surface area (Å²) in [6, 6.07) is 7.70. The fourth-order valence-electron chi connectivity index (χ4n) is 2.29. The first-order chi connectivity index (χ1) is 10.7. The van der Waals surface area contributed by atoms with Gasteiger partial charge in [-0.3, -0.25) is 4.79 Å². The van der Waals surface area contributed by atoms with Crippen LogP contribution in [0.25, 0.3) is 0 Å². The number of carbonyl (C=O) groups is 1. The fourth-order valence-corrected chi connectivity index (χ4v) is 2.29. The molecule has 22 heavy (non-hydrogen) atoms. The van der Waals surface area contributed by atoms with Gasteiger partial charge in [0.1, 0.15) is 6.04 Å². The third kappa shape index (κ3) is 5.18. The Morgan fingerprint density at radius 3 is 2.55 bits per heavy atom. The first-order valence-electron chi connectivity index (χ1n) is 7.45. The molecule has 0 aliphatic carbocycles. The Morgan fingerprint density at radius 1 is 1.23 bits per heavy atom. The van der Waals surface area contributed by atoms with Crippen LogP contribution in [-0.4, -0.2) is 58.0 Å². The minimum Gasteiger partial charge on any atom is -0.399 e. The largest absolute Gasteiger partial charge is 0.399 e. The highest BCUT2D eigenvalue weighted by molar-refractivity contribution is 5.80. The van der Waals surface area contributed by atoms with Gasteiger partial charge < -0.3 is 31.2 Å². The summed E-state index contributed by atoms with van der Waals surface area (Å²) in [6.07, 6.45) is 0. The Hall–Kier alpha value is -1.83. The molecule has 2 fully saturated rings. The van der Waals surface area contributed by atoms with Crippen LogP contribution in [0, 0.1) is 0 Å². The zero-order chi connectivity index (χ0) is 15.8. The molecule has 122 valence electrons. The van der Waals surface area contributed by atoms with Crippen molar-refractivity contribution in [3.63, 3.8) is 0 Å². The molecule has 2 aliphatic heterocycles. The van der Waals surface area contributed by atoms with Gasteiger partial charge in [0.05, 0.1) is 26.4 Å². The number of amides is 1. The van der Waals surface area contributed by atoms with Gasteiger partial charge in [-0.25, -0.2) is 0 Å². The number of rotatable bonds is 2. The van der Waals surface area contributed by atoms with Crippen molar-refractivity contribution >= 4 is 17.3 Å². The summed E-state index contributed by atoms with van der Waals surface area (Å²) in [6.45, 7) is 5.35. The molecule has 7 heteroatoms. The first-order valence-corrected chi connectivity index (χ1v) is 7.45. The lowest BCUT2D eigenvalue weighted by atomic mass is 10.2. The van der Waals surface area contributed by atoms with E-state index in [1.54, 1.807) is 0 Å². The highest BCUT2D eigenvalue weighted by atomic mass is 16.5. The summed E-state index contributed by atoms with van der Waals surface area (Å²) in [5.74, 6) is -0.338. The number of nitrogen functional groups attached to an aromatic ring is 1. The van der Waals surface area contributed by atoms with Crippen molar-refractivity contribution in [1.82, 2.24) is 5.32 Å². The number of benzene rings is 1. The highest BCUT2D eigenvalue weighted by Crippen LogP contribution is 2.18. The lowest BCUT2D eigenvalue weighted by Crippen LogP contribution is -2.49. The average Bonchev–Trinajstić information content (AvgIpc) is 2.57. The molecule has 1 atom stereocenters. The number of hydrogen-bond acceptors (Lipinski definition) is 6. The maximum absolute atomic E-state index is 10.4. The Bertz CT molecular complexity index is 472. The predicted molar refractivity (Wildman–Crippen MR) is 85.7 cm³/mol. The molecule has 0 radical (unpaired) electrons. The number of nitrogens with zero attached hydrogens (tertiary/aromatic N) is 1. The summed E-state index contributed by atoms with van der Waals surface area (Å²) in [5.41, 5.74) is 12.7. The highest BCUT2D eigenvalue weighted by Gasteiger charge is 2.17. The lowest BCUT2D eigenvalue weighted by Gasteiger charge is -2.28. The summed E-state index contributed by atoms with van der Waals surface area (Å²) in [4.78, 5) is 12.7. The third-order valence-electron chi connectivity index (χ3n) is 3.51. The zero-order valence-corrected chi connectivity index (χ0v) is 12.7. The van der Waals surface area contributed by atoms with E-state index in [2.05, 4.69) is 16.3 Å². The molecular weight excluding hydrogens is 284 g/mol. The van der Waals surface area contributed by atoms with Crippen LogP contribution in [0.15, 0.2) is 24.3 Å². The van der Waals surface area contributed by atoms with Crippen LogP contribution in [-0.2, 0) is 14.3 Å². The van der Waals surface area contributed by atoms with Crippen LogP contribution < -0.4 is 21.7 Å². The molecule has 7 nitrogen and oxygen atoms in total. The van der Waals surface area contributed by atoms with E-state index in [4.69, 9.17) is 20.9 Å². The number of primary amides is 1. The summed E-state index contributed by atoms with van der Waals surface area (Å²) in [7, 11) is 0. The number of nitrogens with two attached hydrogens (primary N) is 2. The van der Waals surface area contributed by atoms with E-state index >= 15 is 0 Å². The summed E-state index contributed by atoms with van der Waals surface area (Å²) >= 11 is 0. The maximum atomic E-state index is 10.4. The molecule has 2 saturated heterocycles. The quantitative estimate of drug-likeness (QED) is 0.640. The Kier molecular flexibility index (Phi) is 6.45. The van der Waals surface area contributed by atoms with Gasteiger partial charge in [0.25, 0.3) is 0 Å². The van der Waals surface area contributed by atoms with Crippen molar-refractivity contribution in [2.75, 3.05) is 56.7 Å². The number of anilines is 2. The fraction of sp³-hybridized carbons (Fsp3) is 0.533. The van der Waals surface area contributed by atoms with Gasteiger partial charge in [-0.15, -0.1) is 0 Å². The van der Waals surface area contributed by atoms with Crippen molar-refractivity contribution in [2.45, 2.75) is 6.04 Å². The maximum Gasteiger partial charge on any atom is 0.236 e. The molecule has 1 amide bonds. The van der Waals surface area contributed by atoms with Gasteiger partial charge in [-0.05, 0) is 18.2 Å². The van der Waals surface area contributed by atoms with E-state index in [0.29, 0.717) is 19.8 Å². The Balaban J connectivity index is 0.000000172. The van der Waals surface area contributed by atoms with Crippen molar-refractivity contribution in [3.8, 4) is 0 Å². The molecule has 3 rings (SSSR count). The minimum absolute atomic E-state index is 0.279.